The molecule has 0 saturated carbocycles. The van der Waals surface area contributed by atoms with Gasteiger partial charge >= 0.3 is 5.97 Å². The van der Waals surface area contributed by atoms with Crippen molar-refractivity contribution in [1.29, 1.82) is 0 Å². The lowest BCUT2D eigenvalue weighted by Crippen LogP contribution is -2.18. The number of carbonyl (C=O) groups is 2. The van der Waals surface area contributed by atoms with Crippen molar-refractivity contribution in [3.05, 3.63) is 51.8 Å². The Hall–Kier alpha value is -2.22. The minimum Gasteiger partial charge on any atom is -0.478 e. The Morgan fingerprint density at radius 3 is 2.38 bits per heavy atom. The Labute approximate surface area is 126 Å². The number of hydrogen-bond acceptors (Lipinski definition) is 2. The molecular weight excluding hydrogens is 350 g/mol. The fraction of sp³-hybridized carbons (Fsp3) is 0.0769. The molecule has 2 aromatic rings. The molecule has 0 unspecified atom stereocenters. The average Bonchev–Trinajstić information content (AvgIpc) is 2.72. The molecule has 21 heavy (non-hydrogen) atoms. The Morgan fingerprint density at radius 1 is 1.24 bits per heavy atom. The van der Waals surface area contributed by atoms with Crippen LogP contribution in [0.2, 0.25) is 0 Å². The second kappa shape index (κ2) is 5.65. The van der Waals surface area contributed by atoms with Crippen LogP contribution in [0.3, 0.4) is 0 Å². The zero-order valence-corrected chi connectivity index (χ0v) is 12.2. The summed E-state index contributed by atoms with van der Waals surface area (Å²) in [5.74, 6) is -4.66. The van der Waals surface area contributed by atoms with Gasteiger partial charge in [-0.3, -0.25) is 4.79 Å². The molecule has 0 saturated heterocycles. The molecule has 0 spiro atoms. The van der Waals surface area contributed by atoms with Gasteiger partial charge in [-0.05, 0) is 28.1 Å². The first-order valence-electron chi connectivity index (χ1n) is 5.65. The molecule has 1 amide bonds. The maximum absolute atomic E-state index is 13.2. The topological polar surface area (TPSA) is 71.3 Å². The SMILES string of the molecule is Cn1cc(Br)cc1C(=O)Nc1cc(F)c(F)cc1C(=O)O. The lowest BCUT2D eigenvalue weighted by atomic mass is 10.1. The van der Waals surface area contributed by atoms with Gasteiger partial charge in [0.1, 0.15) is 5.69 Å². The van der Waals surface area contributed by atoms with Crippen LogP contribution in [0.4, 0.5) is 14.5 Å². The molecule has 1 aromatic heterocycles. The molecule has 1 heterocycles. The molecule has 0 aliphatic heterocycles. The number of nitrogens with zero attached hydrogens (tertiary/aromatic N) is 1. The highest BCUT2D eigenvalue weighted by Gasteiger charge is 2.19. The fourth-order valence-electron chi connectivity index (χ4n) is 1.76. The molecule has 1 aromatic carbocycles. The first-order chi connectivity index (χ1) is 9.79. The smallest absolute Gasteiger partial charge is 0.337 e. The van der Waals surface area contributed by atoms with E-state index in [1.54, 1.807) is 13.2 Å². The molecule has 0 atom stereocenters. The number of aryl methyl sites for hydroxylation is 1. The standard InChI is InChI=1S/C13H9BrF2N2O3/c1-18-5-6(14)2-11(18)12(19)17-10-4-9(16)8(15)3-7(10)13(20)21/h2-5H,1H3,(H,17,19)(H,20,21). The number of halogens is 3. The third-order valence-corrected chi connectivity index (χ3v) is 3.18. The lowest BCUT2D eigenvalue weighted by molar-refractivity contribution is 0.0697. The predicted octanol–water partition coefficient (Wildman–Crippen LogP) is 3.02. The van der Waals surface area contributed by atoms with Crippen molar-refractivity contribution in [1.82, 2.24) is 4.57 Å². The monoisotopic (exact) mass is 358 g/mol. The predicted molar refractivity (Wildman–Crippen MR) is 74.4 cm³/mol. The van der Waals surface area contributed by atoms with Gasteiger partial charge in [0.15, 0.2) is 11.6 Å². The van der Waals surface area contributed by atoms with Gasteiger partial charge in [-0.1, -0.05) is 0 Å². The van der Waals surface area contributed by atoms with Gasteiger partial charge in [0.05, 0.1) is 11.3 Å². The Morgan fingerprint density at radius 2 is 1.86 bits per heavy atom. The van der Waals surface area contributed by atoms with E-state index in [-0.39, 0.29) is 11.4 Å². The second-order valence-electron chi connectivity index (χ2n) is 4.23. The summed E-state index contributed by atoms with van der Waals surface area (Å²) < 4.78 is 28.5. The van der Waals surface area contributed by atoms with E-state index in [4.69, 9.17) is 5.11 Å². The van der Waals surface area contributed by atoms with E-state index in [2.05, 4.69) is 21.2 Å². The van der Waals surface area contributed by atoms with Crippen LogP contribution in [0, 0.1) is 11.6 Å². The van der Waals surface area contributed by atoms with E-state index < -0.39 is 29.1 Å². The quantitative estimate of drug-likeness (QED) is 0.885. The summed E-state index contributed by atoms with van der Waals surface area (Å²) in [6.45, 7) is 0. The summed E-state index contributed by atoms with van der Waals surface area (Å²) in [6, 6.07) is 2.67. The molecule has 5 nitrogen and oxygen atoms in total. The number of amides is 1. The Bertz CT molecular complexity index is 743. The first-order valence-corrected chi connectivity index (χ1v) is 6.44. The average molecular weight is 359 g/mol. The fourth-order valence-corrected chi connectivity index (χ4v) is 2.29. The van der Waals surface area contributed by atoms with Gasteiger partial charge < -0.3 is 15.0 Å². The van der Waals surface area contributed by atoms with E-state index in [1.165, 1.54) is 10.6 Å². The van der Waals surface area contributed by atoms with Crippen molar-refractivity contribution in [2.24, 2.45) is 7.05 Å². The van der Waals surface area contributed by atoms with Crippen LogP contribution >= 0.6 is 15.9 Å². The van der Waals surface area contributed by atoms with Gasteiger partial charge in [0.2, 0.25) is 0 Å². The van der Waals surface area contributed by atoms with E-state index >= 15 is 0 Å². The summed E-state index contributed by atoms with van der Waals surface area (Å²) in [5, 5.41) is 11.2. The van der Waals surface area contributed by atoms with Crippen molar-refractivity contribution >= 4 is 33.5 Å². The zero-order chi connectivity index (χ0) is 15.7. The zero-order valence-electron chi connectivity index (χ0n) is 10.7. The van der Waals surface area contributed by atoms with Crippen LogP contribution < -0.4 is 5.32 Å². The van der Waals surface area contributed by atoms with Crippen molar-refractivity contribution in [2.45, 2.75) is 0 Å². The summed E-state index contributed by atoms with van der Waals surface area (Å²) >= 11 is 3.19. The molecule has 0 fully saturated rings. The highest BCUT2D eigenvalue weighted by Crippen LogP contribution is 2.22. The van der Waals surface area contributed by atoms with E-state index in [0.29, 0.717) is 16.6 Å². The van der Waals surface area contributed by atoms with Gasteiger partial charge in [0, 0.05) is 23.8 Å². The van der Waals surface area contributed by atoms with E-state index in [0.717, 1.165) is 0 Å². The first kappa shape index (κ1) is 15.2. The van der Waals surface area contributed by atoms with Crippen LogP contribution in [-0.2, 0) is 7.05 Å². The van der Waals surface area contributed by atoms with E-state index in [9.17, 15) is 18.4 Å². The highest BCUT2D eigenvalue weighted by atomic mass is 79.9. The molecule has 0 bridgehead atoms. The number of anilines is 1. The number of nitrogens with one attached hydrogen (secondary N) is 1. The van der Waals surface area contributed by atoms with Gasteiger partial charge in [0.25, 0.3) is 5.91 Å². The van der Waals surface area contributed by atoms with Crippen LogP contribution in [-0.4, -0.2) is 21.6 Å². The Balaban J connectivity index is 2.39. The number of benzene rings is 1. The van der Waals surface area contributed by atoms with Gasteiger partial charge in [-0.15, -0.1) is 0 Å². The van der Waals surface area contributed by atoms with Crippen LogP contribution in [0.25, 0.3) is 0 Å². The molecule has 2 N–H and O–H groups in total. The van der Waals surface area contributed by atoms with Gasteiger partial charge in [-0.25, -0.2) is 13.6 Å². The summed E-state index contributed by atoms with van der Waals surface area (Å²) in [5.41, 5.74) is -0.623. The Kier molecular flexibility index (Phi) is 4.08. The maximum atomic E-state index is 13.2. The number of hydrogen-bond donors (Lipinski definition) is 2. The molecule has 8 heteroatoms. The number of carboxylic acid groups (broad SMARTS) is 1. The molecule has 0 aliphatic carbocycles. The molecule has 2 rings (SSSR count). The largest absolute Gasteiger partial charge is 0.478 e. The minimum absolute atomic E-state index is 0.225. The van der Waals surface area contributed by atoms with Crippen LogP contribution in [0.5, 0.6) is 0 Å². The second-order valence-corrected chi connectivity index (χ2v) is 5.14. The molecule has 0 radical (unpaired) electrons. The summed E-state index contributed by atoms with van der Waals surface area (Å²) in [7, 11) is 1.61. The van der Waals surface area contributed by atoms with Crippen molar-refractivity contribution in [3.8, 4) is 0 Å². The third-order valence-electron chi connectivity index (χ3n) is 2.74. The normalized spacial score (nSPS) is 10.5. The lowest BCUT2D eigenvalue weighted by Gasteiger charge is -2.09. The third kappa shape index (κ3) is 3.10. The molecular formula is C13H9BrF2N2O3. The molecule has 0 aliphatic rings. The number of carbonyl (C=O) groups excluding carboxylic acids is 1. The minimum atomic E-state index is -1.47. The van der Waals surface area contributed by atoms with Crippen molar-refractivity contribution < 1.29 is 23.5 Å². The van der Waals surface area contributed by atoms with E-state index in [1.807, 2.05) is 0 Å². The highest BCUT2D eigenvalue weighted by molar-refractivity contribution is 9.10. The number of rotatable bonds is 3. The number of aromatic nitrogens is 1. The van der Waals surface area contributed by atoms with Crippen molar-refractivity contribution in [2.75, 3.05) is 5.32 Å². The summed E-state index contributed by atoms with van der Waals surface area (Å²) in [4.78, 5) is 23.1. The van der Waals surface area contributed by atoms with Crippen molar-refractivity contribution in [3.63, 3.8) is 0 Å². The number of carboxylic acids is 1. The maximum Gasteiger partial charge on any atom is 0.337 e. The molecule has 110 valence electrons. The number of aromatic carboxylic acids is 1. The van der Waals surface area contributed by atoms with Crippen LogP contribution in [0.15, 0.2) is 28.9 Å². The van der Waals surface area contributed by atoms with Gasteiger partial charge in [-0.2, -0.15) is 0 Å². The summed E-state index contributed by atoms with van der Waals surface area (Å²) in [6.07, 6.45) is 1.62. The van der Waals surface area contributed by atoms with Crippen LogP contribution in [0.1, 0.15) is 20.8 Å².